The first-order chi connectivity index (χ1) is 11.2. The van der Waals surface area contributed by atoms with Crippen molar-refractivity contribution in [3.63, 3.8) is 0 Å². The Kier molecular flexibility index (Phi) is 6.03. The van der Waals surface area contributed by atoms with Crippen LogP contribution in [0.2, 0.25) is 0 Å². The molecule has 2 aliphatic rings. The topological polar surface area (TPSA) is 35.5 Å². The molecule has 3 rings (SSSR count). The lowest BCUT2D eigenvalue weighted by molar-refractivity contribution is 0.107. The van der Waals surface area contributed by atoms with E-state index < -0.39 is 6.10 Å². The summed E-state index contributed by atoms with van der Waals surface area (Å²) in [6, 6.07) is 7.73. The van der Waals surface area contributed by atoms with Crippen LogP contribution in [0.3, 0.4) is 0 Å². The van der Waals surface area contributed by atoms with E-state index in [1.54, 1.807) is 18.2 Å². The van der Waals surface area contributed by atoms with Gasteiger partial charge in [0.05, 0.1) is 6.10 Å². The van der Waals surface area contributed by atoms with Crippen LogP contribution in [0.5, 0.6) is 0 Å². The second-order valence-corrected chi connectivity index (χ2v) is 7.05. The third-order valence-corrected chi connectivity index (χ3v) is 5.48. The Labute approximate surface area is 138 Å². The predicted molar refractivity (Wildman–Crippen MR) is 90.8 cm³/mol. The maximum Gasteiger partial charge on any atom is 0.129 e. The van der Waals surface area contributed by atoms with Gasteiger partial charge in [0, 0.05) is 24.2 Å². The summed E-state index contributed by atoms with van der Waals surface area (Å²) in [5, 5.41) is 13.6. The Bertz CT molecular complexity index is 482. The number of aliphatic hydroxyl groups excluding tert-OH is 1. The molecule has 3 nitrogen and oxygen atoms in total. The highest BCUT2D eigenvalue weighted by molar-refractivity contribution is 5.20. The summed E-state index contributed by atoms with van der Waals surface area (Å²) in [5.41, 5.74) is 0.389. The SMILES string of the molecule is OC(CNC1CCN(C2CCCCC2)CC1)c1ccccc1F. The zero-order chi connectivity index (χ0) is 16.1. The summed E-state index contributed by atoms with van der Waals surface area (Å²) in [6.07, 6.45) is 8.39. The van der Waals surface area contributed by atoms with E-state index in [4.69, 9.17) is 0 Å². The van der Waals surface area contributed by atoms with E-state index in [0.717, 1.165) is 32.0 Å². The quantitative estimate of drug-likeness (QED) is 0.874. The monoisotopic (exact) mass is 320 g/mol. The van der Waals surface area contributed by atoms with E-state index >= 15 is 0 Å². The van der Waals surface area contributed by atoms with E-state index in [2.05, 4.69) is 10.2 Å². The molecule has 1 saturated carbocycles. The van der Waals surface area contributed by atoms with Crippen LogP contribution in [-0.4, -0.2) is 41.7 Å². The Hall–Kier alpha value is -0.970. The molecule has 1 unspecified atom stereocenters. The molecule has 4 heteroatoms. The molecule has 0 spiro atoms. The van der Waals surface area contributed by atoms with Crippen LogP contribution < -0.4 is 5.32 Å². The minimum Gasteiger partial charge on any atom is -0.387 e. The first-order valence-electron chi connectivity index (χ1n) is 9.14. The summed E-state index contributed by atoms with van der Waals surface area (Å²) in [4.78, 5) is 2.66. The number of hydrogen-bond acceptors (Lipinski definition) is 3. The summed E-state index contributed by atoms with van der Waals surface area (Å²) in [6.45, 7) is 2.73. The minimum atomic E-state index is -0.771. The van der Waals surface area contributed by atoms with Gasteiger partial charge in [0.1, 0.15) is 5.82 Å². The summed E-state index contributed by atoms with van der Waals surface area (Å²) in [5.74, 6) is -0.325. The maximum absolute atomic E-state index is 13.7. The van der Waals surface area contributed by atoms with Crippen molar-refractivity contribution in [3.8, 4) is 0 Å². The standard InChI is InChI=1S/C19H29FN2O/c20-18-9-5-4-8-17(18)19(23)14-21-15-10-12-22(13-11-15)16-6-2-1-3-7-16/h4-5,8-9,15-16,19,21,23H,1-3,6-7,10-14H2. The van der Waals surface area contributed by atoms with Crippen molar-refractivity contribution < 1.29 is 9.50 Å². The van der Waals surface area contributed by atoms with Crippen molar-refractivity contribution in [1.82, 2.24) is 10.2 Å². The van der Waals surface area contributed by atoms with Gasteiger partial charge in [-0.1, -0.05) is 37.5 Å². The minimum absolute atomic E-state index is 0.325. The predicted octanol–water partition coefficient (Wildman–Crippen LogP) is 3.25. The molecular formula is C19H29FN2O. The average molecular weight is 320 g/mol. The molecule has 1 aromatic carbocycles. The van der Waals surface area contributed by atoms with E-state index in [9.17, 15) is 9.50 Å². The molecule has 0 radical (unpaired) electrons. The molecular weight excluding hydrogens is 291 g/mol. The van der Waals surface area contributed by atoms with Crippen molar-refractivity contribution in [2.24, 2.45) is 0 Å². The van der Waals surface area contributed by atoms with Gasteiger partial charge in [0.2, 0.25) is 0 Å². The highest BCUT2D eigenvalue weighted by Gasteiger charge is 2.26. The first kappa shape index (κ1) is 16.9. The number of nitrogens with one attached hydrogen (secondary N) is 1. The number of benzene rings is 1. The van der Waals surface area contributed by atoms with Gasteiger partial charge >= 0.3 is 0 Å². The highest BCUT2D eigenvalue weighted by atomic mass is 19.1. The van der Waals surface area contributed by atoms with Gasteiger partial charge in [-0.3, -0.25) is 0 Å². The van der Waals surface area contributed by atoms with Gasteiger partial charge in [-0.05, 0) is 44.8 Å². The largest absolute Gasteiger partial charge is 0.387 e. The van der Waals surface area contributed by atoms with Crippen LogP contribution in [0.4, 0.5) is 4.39 Å². The van der Waals surface area contributed by atoms with Gasteiger partial charge in [-0.2, -0.15) is 0 Å². The van der Waals surface area contributed by atoms with Gasteiger partial charge in [-0.15, -0.1) is 0 Å². The number of aliphatic hydroxyl groups is 1. The van der Waals surface area contributed by atoms with Crippen LogP contribution in [0.15, 0.2) is 24.3 Å². The van der Waals surface area contributed by atoms with Crippen LogP contribution in [0.25, 0.3) is 0 Å². The van der Waals surface area contributed by atoms with Gasteiger partial charge < -0.3 is 15.3 Å². The second kappa shape index (κ2) is 8.22. The smallest absolute Gasteiger partial charge is 0.129 e. The van der Waals surface area contributed by atoms with Crippen molar-refractivity contribution in [1.29, 1.82) is 0 Å². The number of piperidine rings is 1. The molecule has 1 aliphatic carbocycles. The highest BCUT2D eigenvalue weighted by Crippen LogP contribution is 2.25. The fourth-order valence-corrected chi connectivity index (χ4v) is 4.05. The number of halogens is 1. The summed E-state index contributed by atoms with van der Waals surface area (Å²) >= 11 is 0. The lowest BCUT2D eigenvalue weighted by Crippen LogP contribution is -2.47. The van der Waals surface area contributed by atoms with E-state index in [-0.39, 0.29) is 5.82 Å². The van der Waals surface area contributed by atoms with Crippen molar-refractivity contribution in [2.75, 3.05) is 19.6 Å². The summed E-state index contributed by atoms with van der Waals surface area (Å²) < 4.78 is 13.7. The average Bonchev–Trinajstić information content (AvgIpc) is 2.61. The zero-order valence-electron chi connectivity index (χ0n) is 13.9. The first-order valence-corrected chi connectivity index (χ1v) is 9.14. The van der Waals surface area contributed by atoms with Crippen LogP contribution >= 0.6 is 0 Å². The molecule has 0 amide bonds. The Morgan fingerprint density at radius 3 is 2.48 bits per heavy atom. The third-order valence-electron chi connectivity index (χ3n) is 5.48. The van der Waals surface area contributed by atoms with Crippen LogP contribution in [-0.2, 0) is 0 Å². The van der Waals surface area contributed by atoms with E-state index in [0.29, 0.717) is 18.2 Å². The molecule has 1 aliphatic heterocycles. The molecule has 128 valence electrons. The number of hydrogen-bond donors (Lipinski definition) is 2. The van der Waals surface area contributed by atoms with Crippen molar-refractivity contribution >= 4 is 0 Å². The molecule has 1 saturated heterocycles. The van der Waals surface area contributed by atoms with E-state index in [1.807, 2.05) is 0 Å². The van der Waals surface area contributed by atoms with Crippen LogP contribution in [0.1, 0.15) is 56.6 Å². The van der Waals surface area contributed by atoms with Crippen molar-refractivity contribution in [2.45, 2.75) is 63.1 Å². The van der Waals surface area contributed by atoms with Gasteiger partial charge in [0.25, 0.3) is 0 Å². The Morgan fingerprint density at radius 2 is 1.78 bits per heavy atom. The van der Waals surface area contributed by atoms with Crippen LogP contribution in [0, 0.1) is 5.82 Å². The number of nitrogens with zero attached hydrogens (tertiary/aromatic N) is 1. The molecule has 1 heterocycles. The molecule has 0 aromatic heterocycles. The Balaban J connectivity index is 1.41. The zero-order valence-corrected chi connectivity index (χ0v) is 13.9. The molecule has 1 aromatic rings. The van der Waals surface area contributed by atoms with E-state index in [1.165, 1.54) is 38.2 Å². The fourth-order valence-electron chi connectivity index (χ4n) is 4.05. The lowest BCUT2D eigenvalue weighted by Gasteiger charge is -2.39. The molecule has 2 N–H and O–H groups in total. The van der Waals surface area contributed by atoms with Gasteiger partial charge in [-0.25, -0.2) is 4.39 Å². The fraction of sp³-hybridized carbons (Fsp3) is 0.684. The van der Waals surface area contributed by atoms with Crippen molar-refractivity contribution in [3.05, 3.63) is 35.6 Å². The molecule has 0 bridgehead atoms. The molecule has 23 heavy (non-hydrogen) atoms. The molecule has 1 atom stereocenters. The third kappa shape index (κ3) is 4.52. The molecule has 2 fully saturated rings. The number of rotatable bonds is 5. The second-order valence-electron chi connectivity index (χ2n) is 7.05. The normalized spacial score (nSPS) is 23.0. The Morgan fingerprint density at radius 1 is 1.09 bits per heavy atom. The summed E-state index contributed by atoms with van der Waals surface area (Å²) in [7, 11) is 0. The maximum atomic E-state index is 13.7. The number of likely N-dealkylation sites (tertiary alicyclic amines) is 1. The van der Waals surface area contributed by atoms with Gasteiger partial charge in [0.15, 0.2) is 0 Å². The lowest BCUT2D eigenvalue weighted by atomic mass is 9.92.